The van der Waals surface area contributed by atoms with Gasteiger partial charge < -0.3 is 130 Å². The Morgan fingerprint density at radius 3 is 2.09 bits per heavy atom. The Labute approximate surface area is 559 Å². The van der Waals surface area contributed by atoms with Crippen molar-refractivity contribution < 1.29 is 103 Å². The summed E-state index contributed by atoms with van der Waals surface area (Å²) in [5.41, 5.74) is 28.1. The molecule has 2 aliphatic heterocycles. The summed E-state index contributed by atoms with van der Waals surface area (Å²) in [6, 6.07) is -7.85. The number of H-pyrrole nitrogens is 1. The zero-order chi connectivity index (χ0) is 71.0. The molecule has 0 bridgehead atoms. The molecule has 0 saturated carbocycles. The van der Waals surface area contributed by atoms with Gasteiger partial charge in [-0.05, 0) is 31.7 Å². The number of carbonyl (C=O) groups excluding carboxylic acids is 8. The largest absolute Gasteiger partial charge is 0.441 e. The van der Waals surface area contributed by atoms with E-state index in [-0.39, 0.29) is 64.9 Å². The molecule has 0 spiro atoms. The Bertz CT molecular complexity index is 3280. The number of hydrogen-bond acceptors (Lipinski definition) is 31. The summed E-state index contributed by atoms with van der Waals surface area (Å²) in [6.45, 7) is 3.18. The maximum absolute atomic E-state index is 15.2. The molecule has 4 aromatic rings. The highest BCUT2D eigenvalue weighted by molar-refractivity contribution is 7.95. The fourth-order valence-electron chi connectivity index (χ4n) is 9.80. The summed E-state index contributed by atoms with van der Waals surface area (Å²) in [7, 11) is 0.254. The third-order valence-corrected chi connectivity index (χ3v) is 18.2. The first kappa shape index (κ1) is 77.7. The molecule has 38 nitrogen and oxygen atoms in total. The van der Waals surface area contributed by atoms with Crippen LogP contribution in [0.15, 0.2) is 23.3 Å². The Kier molecular flexibility index (Phi) is 29.0. The fraction of sp³-hybridized carbons (Fsp3) is 0.618. The van der Waals surface area contributed by atoms with Gasteiger partial charge in [0.1, 0.15) is 100 Å². The van der Waals surface area contributed by atoms with Gasteiger partial charge in [0, 0.05) is 55.2 Å². The minimum absolute atomic E-state index is 0.00498. The van der Waals surface area contributed by atoms with Crippen LogP contribution in [-0.4, -0.2) is 267 Å². The van der Waals surface area contributed by atoms with Crippen molar-refractivity contribution in [3.05, 3.63) is 56.8 Å². The van der Waals surface area contributed by atoms with Gasteiger partial charge in [0.25, 0.3) is 11.8 Å². The van der Waals surface area contributed by atoms with E-state index in [4.69, 9.17) is 52.4 Å². The Balaban J connectivity index is 1.26. The normalized spacial score (nSPS) is 24.0. The average Bonchev–Trinajstić information content (AvgIpc) is 0.885. The van der Waals surface area contributed by atoms with Crippen molar-refractivity contribution in [3.63, 3.8) is 0 Å². The number of nitrogen functional groups attached to an aromatic ring is 1. The Hall–Kier alpha value is -7.30. The van der Waals surface area contributed by atoms with Gasteiger partial charge in [0.2, 0.25) is 29.5 Å². The van der Waals surface area contributed by atoms with Gasteiger partial charge in [0.15, 0.2) is 18.7 Å². The van der Waals surface area contributed by atoms with Crippen molar-refractivity contribution in [3.8, 4) is 10.7 Å². The number of aromatic nitrogens is 6. The van der Waals surface area contributed by atoms with Gasteiger partial charge in [-0.15, -0.1) is 22.7 Å². The Morgan fingerprint density at radius 1 is 0.781 bits per heavy atom. The molecule has 0 aromatic carbocycles. The van der Waals surface area contributed by atoms with E-state index in [1.165, 1.54) is 50.4 Å². The lowest BCUT2D eigenvalue weighted by molar-refractivity contribution is -0.372. The van der Waals surface area contributed by atoms with Crippen molar-refractivity contribution in [2.75, 3.05) is 56.8 Å². The predicted octanol–water partition coefficient (Wildman–Crippen LogP) is -7.70. The summed E-state index contributed by atoms with van der Waals surface area (Å²) >= 11 is 2.52. The summed E-state index contributed by atoms with van der Waals surface area (Å²) in [5.74, 6) is -7.69. The minimum atomic E-state index is -2.20. The molecule has 6 rings (SSSR count). The summed E-state index contributed by atoms with van der Waals surface area (Å²) in [5, 5.41) is 108. The van der Waals surface area contributed by atoms with Crippen LogP contribution >= 0.6 is 22.7 Å². The quantitative estimate of drug-likeness (QED) is 0.0150. The standard InChI is InChI=1S/C55H83N17O21S3/c1-20-33(69-46(72-44(20)58)25(12-31(57)76)64-13-24(56)45(59)82)50(86)71-35(41(26-14-61-19-65-26)91-54-43(39(80)37(78)29(15-73)90-54)92-53-40(81)42(93-55(60)88)38(79)30(16-74)89-53)51(87)66-22(3)36(77)21(2)47(83)70-34(23(4)75)49(85)63-10-8-32-67-28(18-94-32)52-68-27(17-95-52)48(84)62-9-7-11-96(5)6/h14,17-19,21-25,29-30,34-43,53-54,64,73-75,77-81H,7-13,15-16,56H2,1-6H3,(H13-,57,58,59,60,61,62,63,65,66,69,70,71,72,76,82,83,84,85,86,87,88)/p+1/t21-,22+,23+,24-,25-,29-,30-,34-,35-,36-,37+,38+,39+,40-,41-,42-,43-,53+,54-/m0/s1. The molecule has 41 heteroatoms. The lowest BCUT2D eigenvalue weighted by Crippen LogP contribution is -2.65. The van der Waals surface area contributed by atoms with Crippen LogP contribution in [0.2, 0.25) is 0 Å². The molecular weight excluding hydrogens is 1330 g/mol. The first-order valence-electron chi connectivity index (χ1n) is 29.8. The van der Waals surface area contributed by atoms with Crippen LogP contribution in [-0.2, 0) is 65.0 Å². The van der Waals surface area contributed by atoms with E-state index in [9.17, 15) is 74.4 Å². The van der Waals surface area contributed by atoms with Gasteiger partial charge in [-0.2, -0.15) is 0 Å². The number of carbonyl (C=O) groups is 8. The SMILES string of the molecule is Cc1c(N)nc([C@H](CC(N)=O)NC[C@H](N)C(N)=O)nc1C(=O)N[C@H](C(=O)N[C@H](C)[C@@H](O)[C@H](C)C(=O)N[C@H](C(=O)NCCc1nc(-c2nc(C(=O)NCCC[S+](C)C)cs2)cs1)[C@@H](C)O)[C@@H](O[C@@H]1O[C@@H](CO)[C@@H](O)[C@@H](O)[C@@H]1O[C@H]1O[C@@H](CO)[C@@H](O)[C@H](OC(N)=O)[C@@H]1O)c1cnc[nH]1. The van der Waals surface area contributed by atoms with Crippen LogP contribution < -0.4 is 60.6 Å². The maximum Gasteiger partial charge on any atom is 0.404 e. The van der Waals surface area contributed by atoms with Gasteiger partial charge in [0.05, 0.1) is 85.2 Å². The van der Waals surface area contributed by atoms with Crippen molar-refractivity contribution in [1.82, 2.24) is 61.8 Å². The first-order chi connectivity index (χ1) is 45.3. The highest BCUT2D eigenvalue weighted by atomic mass is 32.2. The second-order valence-electron chi connectivity index (χ2n) is 22.8. The minimum Gasteiger partial charge on any atom is -0.441 e. The number of primary amides is 3. The molecule has 96 heavy (non-hydrogen) atoms. The van der Waals surface area contributed by atoms with Gasteiger partial charge in [-0.25, -0.2) is 29.7 Å². The molecule has 19 atom stereocenters. The number of rotatable bonds is 35. The Morgan fingerprint density at radius 2 is 1.47 bits per heavy atom. The molecule has 8 amide bonds. The molecule has 4 aromatic heterocycles. The number of imidazole rings is 1. The predicted molar refractivity (Wildman–Crippen MR) is 339 cm³/mol. The van der Waals surface area contributed by atoms with Crippen molar-refractivity contribution >= 4 is 86.8 Å². The molecule has 532 valence electrons. The number of anilines is 1. The van der Waals surface area contributed by atoms with Crippen molar-refractivity contribution in [2.45, 2.75) is 157 Å². The fourth-order valence-corrected chi connectivity index (χ4v) is 12.1. The van der Waals surface area contributed by atoms with E-state index in [0.29, 0.717) is 22.3 Å². The first-order valence-corrected chi connectivity index (χ1v) is 33.8. The van der Waals surface area contributed by atoms with E-state index >= 15 is 4.79 Å². The van der Waals surface area contributed by atoms with E-state index in [0.717, 1.165) is 24.7 Å². The number of ether oxygens (including phenoxy) is 5. The van der Waals surface area contributed by atoms with Gasteiger partial charge in [-0.3, -0.25) is 33.6 Å². The van der Waals surface area contributed by atoms with Crippen LogP contribution in [0.3, 0.4) is 0 Å². The van der Waals surface area contributed by atoms with Crippen LogP contribution in [0.4, 0.5) is 10.6 Å². The van der Waals surface area contributed by atoms with Crippen LogP contribution in [0.5, 0.6) is 0 Å². The van der Waals surface area contributed by atoms with E-state index in [1.54, 1.807) is 10.8 Å². The molecule has 6 heterocycles. The highest BCUT2D eigenvalue weighted by Crippen LogP contribution is 2.35. The summed E-state index contributed by atoms with van der Waals surface area (Å²) in [4.78, 5) is 131. The topological polar surface area (TPSA) is 627 Å². The molecule has 2 aliphatic rings. The number of nitrogens with zero attached hydrogens (tertiary/aromatic N) is 5. The van der Waals surface area contributed by atoms with Gasteiger partial charge in [-0.1, -0.05) is 6.92 Å². The third kappa shape index (κ3) is 20.6. The van der Waals surface area contributed by atoms with E-state index in [1.807, 2.05) is 0 Å². The van der Waals surface area contributed by atoms with Crippen molar-refractivity contribution in [2.24, 2.45) is 28.9 Å². The molecular formula is C55H84N17O21S3+. The van der Waals surface area contributed by atoms with Gasteiger partial charge >= 0.3 is 6.09 Å². The van der Waals surface area contributed by atoms with Crippen molar-refractivity contribution in [1.29, 1.82) is 0 Å². The smallest absolute Gasteiger partial charge is 0.404 e. The number of nitrogens with one attached hydrogen (secondary N) is 7. The zero-order valence-electron chi connectivity index (χ0n) is 52.9. The lowest BCUT2D eigenvalue weighted by atomic mass is 9.96. The summed E-state index contributed by atoms with van der Waals surface area (Å²) in [6.07, 6.45) is -20.0. The lowest BCUT2D eigenvalue weighted by Gasteiger charge is -2.47. The van der Waals surface area contributed by atoms with Crippen LogP contribution in [0.1, 0.15) is 88.8 Å². The second kappa shape index (κ2) is 35.8. The maximum atomic E-state index is 15.2. The number of aliphatic hydroxyl groups is 8. The van der Waals surface area contributed by atoms with Crippen LogP contribution in [0.25, 0.3) is 10.7 Å². The molecule has 2 fully saturated rings. The van der Waals surface area contributed by atoms with E-state index in [2.05, 4.69) is 74.3 Å². The number of nitrogens with two attached hydrogens (primary N) is 5. The summed E-state index contributed by atoms with van der Waals surface area (Å²) < 4.78 is 28.7. The number of thiazole rings is 2. The number of amides is 8. The monoisotopic (exact) mass is 1410 g/mol. The second-order valence-corrected chi connectivity index (χ2v) is 27.0. The number of hydrogen-bond donors (Lipinski definition) is 20. The molecule has 0 aliphatic carbocycles. The third-order valence-electron chi connectivity index (χ3n) is 15.3. The average molecular weight is 1420 g/mol. The highest BCUT2D eigenvalue weighted by Gasteiger charge is 2.54. The number of aromatic amines is 1. The molecule has 25 N–H and O–H groups in total. The number of aliphatic hydroxyl groups excluding tert-OH is 8. The van der Waals surface area contributed by atoms with E-state index < -0.39 is 183 Å². The molecule has 2 saturated heterocycles. The van der Waals surface area contributed by atoms with Crippen LogP contribution in [0, 0.1) is 12.8 Å². The zero-order valence-corrected chi connectivity index (χ0v) is 55.3. The molecule has 0 radical (unpaired) electrons. The molecule has 0 unspecified atom stereocenters.